The van der Waals surface area contributed by atoms with E-state index in [0.29, 0.717) is 17.2 Å². The Kier molecular flexibility index (Phi) is 2.21. The van der Waals surface area contributed by atoms with Gasteiger partial charge in [0.1, 0.15) is 6.26 Å². The standard InChI is InChI=1S/C10H8O5/c1-13-6-3-2-4-7-9(6)14-5-8(15-7)10(11)12/h2-5H,1H3,(H,11,12). The zero-order valence-corrected chi connectivity index (χ0v) is 7.89. The van der Waals surface area contributed by atoms with Crippen LogP contribution < -0.4 is 14.2 Å². The van der Waals surface area contributed by atoms with Crippen LogP contribution in [0.2, 0.25) is 0 Å². The Morgan fingerprint density at radius 1 is 1.47 bits per heavy atom. The van der Waals surface area contributed by atoms with Crippen LogP contribution in [0, 0.1) is 0 Å². The summed E-state index contributed by atoms with van der Waals surface area (Å²) in [6, 6.07) is 4.99. The van der Waals surface area contributed by atoms with Crippen molar-refractivity contribution >= 4 is 5.97 Å². The lowest BCUT2D eigenvalue weighted by atomic mass is 10.3. The maximum absolute atomic E-state index is 10.6. The lowest BCUT2D eigenvalue weighted by Crippen LogP contribution is -2.13. The van der Waals surface area contributed by atoms with Crippen molar-refractivity contribution in [3.05, 3.63) is 30.2 Å². The second-order valence-corrected chi connectivity index (χ2v) is 2.79. The van der Waals surface area contributed by atoms with Crippen LogP contribution in [0.5, 0.6) is 17.2 Å². The van der Waals surface area contributed by atoms with E-state index in [1.807, 2.05) is 0 Å². The molecule has 1 aromatic carbocycles. The van der Waals surface area contributed by atoms with Gasteiger partial charge in [-0.1, -0.05) is 6.07 Å². The van der Waals surface area contributed by atoms with E-state index in [0.717, 1.165) is 6.26 Å². The third kappa shape index (κ3) is 1.59. The molecule has 0 spiro atoms. The van der Waals surface area contributed by atoms with E-state index < -0.39 is 5.97 Å². The summed E-state index contributed by atoms with van der Waals surface area (Å²) in [5.41, 5.74) is 0. The highest BCUT2D eigenvalue weighted by atomic mass is 16.6. The van der Waals surface area contributed by atoms with Gasteiger partial charge in [-0.2, -0.15) is 0 Å². The van der Waals surface area contributed by atoms with Gasteiger partial charge in [0.25, 0.3) is 0 Å². The summed E-state index contributed by atoms with van der Waals surface area (Å²) >= 11 is 0. The molecule has 78 valence electrons. The van der Waals surface area contributed by atoms with Crippen LogP contribution in [0.15, 0.2) is 30.2 Å². The lowest BCUT2D eigenvalue weighted by Gasteiger charge is -2.17. The molecule has 1 N–H and O–H groups in total. The average Bonchev–Trinajstić information content (AvgIpc) is 2.27. The maximum Gasteiger partial charge on any atom is 0.375 e. The van der Waals surface area contributed by atoms with E-state index in [2.05, 4.69) is 0 Å². The molecule has 0 atom stereocenters. The summed E-state index contributed by atoms with van der Waals surface area (Å²) in [4.78, 5) is 10.6. The predicted octanol–water partition coefficient (Wildman–Crippen LogP) is 1.39. The van der Waals surface area contributed by atoms with E-state index in [-0.39, 0.29) is 5.76 Å². The Morgan fingerprint density at radius 2 is 2.27 bits per heavy atom. The van der Waals surface area contributed by atoms with E-state index in [1.54, 1.807) is 18.2 Å². The summed E-state index contributed by atoms with van der Waals surface area (Å²) in [5, 5.41) is 8.69. The molecule has 1 aliphatic rings. The number of carboxylic acids is 1. The number of aliphatic carboxylic acids is 1. The Hall–Kier alpha value is -2.17. The summed E-state index contributed by atoms with van der Waals surface area (Å²) in [6.45, 7) is 0. The van der Waals surface area contributed by atoms with Crippen molar-refractivity contribution in [2.24, 2.45) is 0 Å². The summed E-state index contributed by atoms with van der Waals surface area (Å²) in [7, 11) is 1.50. The fourth-order valence-electron chi connectivity index (χ4n) is 1.20. The first kappa shape index (κ1) is 9.39. The van der Waals surface area contributed by atoms with Crippen molar-refractivity contribution in [3.8, 4) is 17.2 Å². The van der Waals surface area contributed by atoms with E-state index in [4.69, 9.17) is 19.3 Å². The van der Waals surface area contributed by atoms with E-state index in [9.17, 15) is 4.79 Å². The molecule has 5 heteroatoms. The third-order valence-corrected chi connectivity index (χ3v) is 1.88. The van der Waals surface area contributed by atoms with Gasteiger partial charge in [-0.05, 0) is 12.1 Å². The van der Waals surface area contributed by atoms with Gasteiger partial charge in [-0.25, -0.2) is 4.79 Å². The van der Waals surface area contributed by atoms with Gasteiger partial charge in [0.15, 0.2) is 11.5 Å². The predicted molar refractivity (Wildman–Crippen MR) is 50.0 cm³/mol. The normalized spacial score (nSPS) is 13.0. The Balaban J connectivity index is 2.38. The SMILES string of the molecule is COc1cccc2c1OC=C(C(=O)O)O2. The largest absolute Gasteiger partial charge is 0.493 e. The highest BCUT2D eigenvalue weighted by Gasteiger charge is 2.21. The summed E-state index contributed by atoms with van der Waals surface area (Å²) < 4.78 is 15.2. The number of fused-ring (bicyclic) bond motifs is 1. The minimum atomic E-state index is -1.18. The van der Waals surface area contributed by atoms with Crippen molar-refractivity contribution in [1.29, 1.82) is 0 Å². The van der Waals surface area contributed by atoms with Crippen LogP contribution in [0.4, 0.5) is 0 Å². The van der Waals surface area contributed by atoms with Crippen molar-refractivity contribution in [3.63, 3.8) is 0 Å². The summed E-state index contributed by atoms with van der Waals surface area (Å²) in [5.74, 6) is -0.230. The Labute approximate surface area is 85.5 Å². The number of hydrogen-bond acceptors (Lipinski definition) is 4. The molecule has 0 radical (unpaired) electrons. The Bertz CT molecular complexity index is 435. The number of ether oxygens (including phenoxy) is 3. The van der Waals surface area contributed by atoms with Gasteiger partial charge in [-0.3, -0.25) is 0 Å². The van der Waals surface area contributed by atoms with Gasteiger partial charge in [0.05, 0.1) is 7.11 Å². The van der Waals surface area contributed by atoms with Crippen LogP contribution in [-0.2, 0) is 4.79 Å². The molecule has 0 fully saturated rings. The molecule has 0 amide bonds. The third-order valence-electron chi connectivity index (χ3n) is 1.88. The first-order valence-electron chi connectivity index (χ1n) is 4.17. The van der Waals surface area contributed by atoms with Crippen molar-refractivity contribution in [2.45, 2.75) is 0 Å². The number of rotatable bonds is 2. The molecule has 0 bridgehead atoms. The molecule has 1 heterocycles. The van der Waals surface area contributed by atoms with Crippen molar-refractivity contribution < 1.29 is 24.1 Å². The fourth-order valence-corrected chi connectivity index (χ4v) is 1.20. The molecule has 2 rings (SSSR count). The highest BCUT2D eigenvalue weighted by molar-refractivity contribution is 5.85. The average molecular weight is 208 g/mol. The van der Waals surface area contributed by atoms with Crippen LogP contribution in [0.1, 0.15) is 0 Å². The molecule has 1 aliphatic heterocycles. The lowest BCUT2D eigenvalue weighted by molar-refractivity contribution is -0.135. The number of methoxy groups -OCH3 is 1. The van der Waals surface area contributed by atoms with Gasteiger partial charge in [0.2, 0.25) is 11.5 Å². The molecule has 5 nitrogen and oxygen atoms in total. The van der Waals surface area contributed by atoms with Gasteiger partial charge < -0.3 is 19.3 Å². The monoisotopic (exact) mass is 208 g/mol. The highest BCUT2D eigenvalue weighted by Crippen LogP contribution is 2.40. The topological polar surface area (TPSA) is 65.0 Å². The first-order valence-corrected chi connectivity index (χ1v) is 4.17. The van der Waals surface area contributed by atoms with Gasteiger partial charge in [-0.15, -0.1) is 0 Å². The molecule has 0 aliphatic carbocycles. The van der Waals surface area contributed by atoms with Crippen LogP contribution in [0.3, 0.4) is 0 Å². The molecule has 1 aromatic rings. The number of hydrogen-bond donors (Lipinski definition) is 1. The van der Waals surface area contributed by atoms with Crippen LogP contribution in [0.25, 0.3) is 0 Å². The van der Waals surface area contributed by atoms with E-state index in [1.165, 1.54) is 7.11 Å². The Morgan fingerprint density at radius 3 is 2.93 bits per heavy atom. The fraction of sp³-hybridized carbons (Fsp3) is 0.100. The van der Waals surface area contributed by atoms with Crippen LogP contribution in [-0.4, -0.2) is 18.2 Å². The smallest absolute Gasteiger partial charge is 0.375 e. The zero-order valence-electron chi connectivity index (χ0n) is 7.89. The second-order valence-electron chi connectivity index (χ2n) is 2.79. The number of carboxylic acid groups (broad SMARTS) is 1. The summed E-state index contributed by atoms with van der Waals surface area (Å²) in [6.07, 6.45) is 1.03. The number of para-hydroxylation sites is 1. The van der Waals surface area contributed by atoms with Gasteiger partial charge in [0, 0.05) is 0 Å². The molecule has 0 aromatic heterocycles. The first-order chi connectivity index (χ1) is 7.22. The molecule has 15 heavy (non-hydrogen) atoms. The second kappa shape index (κ2) is 3.53. The molecular formula is C10H8O5. The molecule has 0 saturated heterocycles. The molecule has 0 saturated carbocycles. The minimum Gasteiger partial charge on any atom is -0.493 e. The van der Waals surface area contributed by atoms with Gasteiger partial charge >= 0.3 is 5.97 Å². The number of benzene rings is 1. The molecule has 0 unspecified atom stereocenters. The number of carbonyl (C=O) groups is 1. The maximum atomic E-state index is 10.6. The molecular weight excluding hydrogens is 200 g/mol. The zero-order chi connectivity index (χ0) is 10.8. The quantitative estimate of drug-likeness (QED) is 0.795. The minimum absolute atomic E-state index is 0.254. The van der Waals surface area contributed by atoms with Crippen LogP contribution >= 0.6 is 0 Å². The van der Waals surface area contributed by atoms with E-state index >= 15 is 0 Å². The van der Waals surface area contributed by atoms with Crippen molar-refractivity contribution in [2.75, 3.05) is 7.11 Å². The van der Waals surface area contributed by atoms with Crippen molar-refractivity contribution in [1.82, 2.24) is 0 Å².